The van der Waals surface area contributed by atoms with E-state index in [1.54, 1.807) is 61.0 Å². The summed E-state index contributed by atoms with van der Waals surface area (Å²) in [5.74, 6) is -1.61. The number of amides is 1. The van der Waals surface area contributed by atoms with E-state index in [0.29, 0.717) is 15.6 Å². The van der Waals surface area contributed by atoms with Crippen molar-refractivity contribution in [3.63, 3.8) is 0 Å². The van der Waals surface area contributed by atoms with Gasteiger partial charge in [0.1, 0.15) is 0 Å². The zero-order valence-corrected chi connectivity index (χ0v) is 23.8. The van der Waals surface area contributed by atoms with E-state index < -0.39 is 57.4 Å². The number of esters is 1. The van der Waals surface area contributed by atoms with Crippen LogP contribution >= 0.6 is 23.2 Å². The lowest BCUT2D eigenvalue weighted by Crippen LogP contribution is -2.58. The van der Waals surface area contributed by atoms with Gasteiger partial charge in [0.2, 0.25) is 5.91 Å². The number of likely N-dealkylation sites (tertiary alicyclic amines) is 1. The molecule has 1 aliphatic rings. The summed E-state index contributed by atoms with van der Waals surface area (Å²) in [6, 6.07) is 11.9. The summed E-state index contributed by atoms with van der Waals surface area (Å²) in [6.07, 6.45) is 0.0243. The Hall–Kier alpha value is -2.34. The molecule has 2 aromatic carbocycles. The smallest absolute Gasteiger partial charge is 0.469 e. The predicted molar refractivity (Wildman–Crippen MR) is 142 cm³/mol. The second-order valence-electron chi connectivity index (χ2n) is 9.75. The van der Waals surface area contributed by atoms with E-state index in [1.807, 2.05) is 6.07 Å². The van der Waals surface area contributed by atoms with Gasteiger partial charge in [-0.25, -0.2) is 13.1 Å². The van der Waals surface area contributed by atoms with E-state index in [1.165, 1.54) is 12.0 Å². The Morgan fingerprint density at radius 2 is 1.79 bits per heavy atom. The van der Waals surface area contributed by atoms with Crippen molar-refractivity contribution in [3.05, 3.63) is 69.7 Å². The lowest BCUT2D eigenvalue weighted by atomic mass is 9.67. The highest BCUT2D eigenvalue weighted by Gasteiger charge is 2.53. The number of ether oxygens (including phenoxy) is 1. The fourth-order valence-electron chi connectivity index (χ4n) is 5.06. The molecule has 0 saturated carbocycles. The summed E-state index contributed by atoms with van der Waals surface area (Å²) in [5.41, 5.74) is -5.45. The van der Waals surface area contributed by atoms with Gasteiger partial charge in [-0.2, -0.15) is 13.2 Å². The molecular weight excluding hydrogens is 580 g/mol. The van der Waals surface area contributed by atoms with Crippen LogP contribution in [0.25, 0.3) is 0 Å². The van der Waals surface area contributed by atoms with Gasteiger partial charge in [-0.05, 0) is 48.2 Å². The van der Waals surface area contributed by atoms with Crippen LogP contribution in [0, 0.1) is 5.41 Å². The molecule has 4 unspecified atom stereocenters. The van der Waals surface area contributed by atoms with Gasteiger partial charge in [0.25, 0.3) is 0 Å². The minimum Gasteiger partial charge on any atom is -0.469 e. The molecule has 3 rings (SSSR count). The zero-order chi connectivity index (χ0) is 29.2. The number of hydrogen-bond acceptors (Lipinski definition) is 5. The van der Waals surface area contributed by atoms with Crippen molar-refractivity contribution < 1.29 is 35.9 Å². The number of piperidine rings is 1. The summed E-state index contributed by atoms with van der Waals surface area (Å²) in [7, 11) is -4.47. The molecule has 7 nitrogen and oxygen atoms in total. The van der Waals surface area contributed by atoms with Crippen molar-refractivity contribution in [2.45, 2.75) is 56.6 Å². The van der Waals surface area contributed by atoms with Gasteiger partial charge in [0.15, 0.2) is 0 Å². The first-order chi connectivity index (χ1) is 18.1. The van der Waals surface area contributed by atoms with Gasteiger partial charge in [0, 0.05) is 28.5 Å². The van der Waals surface area contributed by atoms with Crippen molar-refractivity contribution in [1.82, 2.24) is 9.62 Å². The Labute approximate surface area is 235 Å². The summed E-state index contributed by atoms with van der Waals surface area (Å²) in [6.45, 7) is 2.55. The summed E-state index contributed by atoms with van der Waals surface area (Å²) < 4.78 is 69.4. The van der Waals surface area contributed by atoms with Gasteiger partial charge < -0.3 is 9.64 Å². The van der Waals surface area contributed by atoms with E-state index in [-0.39, 0.29) is 19.3 Å². The van der Waals surface area contributed by atoms with E-state index in [4.69, 9.17) is 27.9 Å². The molecule has 1 heterocycles. The van der Waals surface area contributed by atoms with Gasteiger partial charge >= 0.3 is 21.5 Å². The summed E-state index contributed by atoms with van der Waals surface area (Å²) in [4.78, 5) is 28.0. The number of sulfonamides is 1. The van der Waals surface area contributed by atoms with Crippen LogP contribution in [-0.4, -0.2) is 50.4 Å². The molecule has 39 heavy (non-hydrogen) atoms. The second kappa shape index (κ2) is 12.0. The van der Waals surface area contributed by atoms with Crippen molar-refractivity contribution >= 4 is 45.1 Å². The molecule has 1 saturated heterocycles. The maximum atomic E-state index is 14.2. The Morgan fingerprint density at radius 1 is 1.15 bits per heavy atom. The summed E-state index contributed by atoms with van der Waals surface area (Å²) in [5, 5.41) is 0.873. The van der Waals surface area contributed by atoms with Crippen molar-refractivity contribution in [2.75, 3.05) is 13.7 Å². The number of hydrogen-bond donors (Lipinski definition) is 1. The molecule has 13 heteroatoms. The van der Waals surface area contributed by atoms with Crippen LogP contribution in [0.2, 0.25) is 10.0 Å². The van der Waals surface area contributed by atoms with Crippen molar-refractivity contribution in [1.29, 1.82) is 0 Å². The average Bonchev–Trinajstić information content (AvgIpc) is 2.86. The molecule has 1 N–H and O–H groups in total. The molecule has 0 spiro atoms. The van der Waals surface area contributed by atoms with Gasteiger partial charge in [0.05, 0.1) is 25.0 Å². The normalized spacial score (nSPS) is 23.0. The van der Waals surface area contributed by atoms with Crippen LogP contribution in [0.3, 0.4) is 0 Å². The maximum Gasteiger partial charge on any atom is 0.511 e. The molecule has 214 valence electrons. The number of benzene rings is 2. The van der Waals surface area contributed by atoms with Gasteiger partial charge in [-0.3, -0.25) is 9.59 Å². The molecule has 1 aliphatic heterocycles. The average molecular weight is 609 g/mol. The Bertz CT molecular complexity index is 1310. The number of methoxy groups -OCH3 is 1. The summed E-state index contributed by atoms with van der Waals surface area (Å²) >= 11 is 12.4. The standard InChI is InChI=1S/C26H29Cl2F3N2O5S/c1-4-20(15-32-39(36,37)26(29,30)31)33-23(16-8-10-18(27)11-9-16)21(17-6-5-7-19(28)12-17)13-25(2,24(33)35)14-22(34)38-3/h5-12,20-21,23,32H,4,13-15H2,1-3H3. The number of alkyl halides is 3. The first-order valence-corrected chi connectivity index (χ1v) is 14.3. The molecule has 0 bridgehead atoms. The van der Waals surface area contributed by atoms with Crippen LogP contribution in [-0.2, 0) is 24.3 Å². The lowest BCUT2D eigenvalue weighted by Gasteiger charge is -2.52. The van der Waals surface area contributed by atoms with Crippen LogP contribution in [0.4, 0.5) is 13.2 Å². The second-order valence-corrected chi connectivity index (χ2v) is 12.4. The van der Waals surface area contributed by atoms with Gasteiger partial charge in [-0.1, -0.05) is 61.3 Å². The first kappa shape index (κ1) is 31.2. The quantitative estimate of drug-likeness (QED) is 0.361. The molecular formula is C26H29Cl2F3N2O5S. The first-order valence-electron chi connectivity index (χ1n) is 12.1. The topological polar surface area (TPSA) is 92.8 Å². The van der Waals surface area contributed by atoms with Crippen LogP contribution in [0.15, 0.2) is 48.5 Å². The monoisotopic (exact) mass is 608 g/mol. The lowest BCUT2D eigenvalue weighted by molar-refractivity contribution is -0.161. The van der Waals surface area contributed by atoms with Crippen molar-refractivity contribution in [2.24, 2.45) is 5.41 Å². The highest BCUT2D eigenvalue weighted by molar-refractivity contribution is 7.90. The SMILES string of the molecule is CCC(CNS(=O)(=O)C(F)(F)F)N1C(=O)C(C)(CC(=O)OC)CC(c2cccc(Cl)c2)C1c1ccc(Cl)cc1. The highest BCUT2D eigenvalue weighted by Crippen LogP contribution is 2.52. The zero-order valence-electron chi connectivity index (χ0n) is 21.5. The van der Waals surface area contributed by atoms with E-state index in [0.717, 1.165) is 5.56 Å². The fourth-order valence-corrected chi connectivity index (χ4v) is 5.97. The Morgan fingerprint density at radius 3 is 2.33 bits per heavy atom. The number of halogens is 5. The number of carbonyl (C=O) groups excluding carboxylic acids is 2. The minimum atomic E-state index is -5.67. The van der Waals surface area contributed by atoms with Crippen LogP contribution < -0.4 is 4.72 Å². The Balaban J connectivity index is 2.20. The third-order valence-electron chi connectivity index (χ3n) is 7.03. The van der Waals surface area contributed by atoms with Crippen LogP contribution in [0.1, 0.15) is 56.2 Å². The number of nitrogens with zero attached hydrogens (tertiary/aromatic N) is 1. The molecule has 0 radical (unpaired) electrons. The van der Waals surface area contributed by atoms with Crippen LogP contribution in [0.5, 0.6) is 0 Å². The molecule has 2 aromatic rings. The largest absolute Gasteiger partial charge is 0.511 e. The molecule has 0 aliphatic carbocycles. The van der Waals surface area contributed by atoms with E-state index in [9.17, 15) is 31.2 Å². The number of carbonyl (C=O) groups is 2. The Kier molecular flexibility index (Phi) is 9.63. The third kappa shape index (κ3) is 6.87. The van der Waals surface area contributed by atoms with Crippen molar-refractivity contribution in [3.8, 4) is 0 Å². The maximum absolute atomic E-state index is 14.2. The molecule has 4 atom stereocenters. The molecule has 0 aromatic heterocycles. The minimum absolute atomic E-state index is 0.118. The molecule has 1 amide bonds. The number of nitrogens with one attached hydrogen (secondary N) is 1. The highest BCUT2D eigenvalue weighted by atomic mass is 35.5. The number of rotatable bonds is 9. The molecule has 1 fully saturated rings. The third-order valence-corrected chi connectivity index (χ3v) is 8.67. The van der Waals surface area contributed by atoms with E-state index in [2.05, 4.69) is 0 Å². The van der Waals surface area contributed by atoms with Gasteiger partial charge in [-0.15, -0.1) is 0 Å². The predicted octanol–water partition coefficient (Wildman–Crippen LogP) is 5.84. The fraction of sp³-hybridized carbons (Fsp3) is 0.462. The van der Waals surface area contributed by atoms with E-state index >= 15 is 0 Å².